The first-order chi connectivity index (χ1) is 15.7. The molecule has 196 valence electrons. The number of Topliss-reactive ketones (excluding diaryl/α,β-unsaturated/α-hetero) is 1. The number of carbonyl (C=O) groups excluding carboxylic acids is 2. The summed E-state index contributed by atoms with van der Waals surface area (Å²) in [6.07, 6.45) is 4.95. The Morgan fingerprint density at radius 1 is 0.667 bits per heavy atom. The number of unbranched alkanes of at least 4 members (excludes halogenated alkanes) is 12. The van der Waals surface area contributed by atoms with E-state index >= 15 is 0 Å². The van der Waals surface area contributed by atoms with Gasteiger partial charge in [0.25, 0.3) is 0 Å². The second kappa shape index (κ2) is 20.3. The van der Waals surface area contributed by atoms with Crippen molar-refractivity contribution in [2.75, 3.05) is 6.61 Å². The molecule has 0 aliphatic rings. The molecule has 0 aliphatic heterocycles. The Morgan fingerprint density at radius 2 is 1.12 bits per heavy atom. The number of aliphatic hydroxyl groups is 6. The van der Waals surface area contributed by atoms with Crippen LogP contribution in [0.15, 0.2) is 0 Å². The number of hydrogen-bond acceptors (Lipinski definition) is 9. The fourth-order valence-electron chi connectivity index (χ4n) is 3.54. The van der Waals surface area contributed by atoms with Crippen LogP contribution in [0.1, 0.15) is 103 Å². The minimum absolute atomic E-state index is 0.218. The lowest BCUT2D eigenvalue weighted by Crippen LogP contribution is -2.51. The number of hydrogen-bond donors (Lipinski definition) is 6. The van der Waals surface area contributed by atoms with Crippen LogP contribution < -0.4 is 0 Å². The summed E-state index contributed by atoms with van der Waals surface area (Å²) in [6, 6.07) is 0. The van der Waals surface area contributed by atoms with E-state index in [0.29, 0.717) is 6.42 Å². The molecule has 5 atom stereocenters. The summed E-state index contributed by atoms with van der Waals surface area (Å²) < 4.78 is 4.52. The van der Waals surface area contributed by atoms with Gasteiger partial charge >= 0.3 is 5.97 Å². The maximum atomic E-state index is 11.9. The molecule has 0 spiro atoms. The van der Waals surface area contributed by atoms with Crippen molar-refractivity contribution in [1.82, 2.24) is 0 Å². The van der Waals surface area contributed by atoms with Gasteiger partial charge < -0.3 is 35.4 Å². The third-order valence-corrected chi connectivity index (χ3v) is 5.73. The van der Waals surface area contributed by atoms with Gasteiger partial charge in [0.15, 0.2) is 0 Å². The van der Waals surface area contributed by atoms with Gasteiger partial charge in [-0.25, -0.2) is 0 Å². The minimum atomic E-state index is -2.20. The highest BCUT2D eigenvalue weighted by atomic mass is 16.6. The molecule has 0 bridgehead atoms. The summed E-state index contributed by atoms with van der Waals surface area (Å²) in [4.78, 5) is 23.6. The van der Waals surface area contributed by atoms with Crippen LogP contribution in [0.4, 0.5) is 0 Å². The van der Waals surface area contributed by atoms with Crippen molar-refractivity contribution in [2.45, 2.75) is 134 Å². The predicted octanol–water partition coefficient (Wildman–Crippen LogP) is 1.72. The molecule has 0 aromatic rings. The molecule has 6 N–H and O–H groups in total. The van der Waals surface area contributed by atoms with E-state index in [1.54, 1.807) is 0 Å². The first kappa shape index (κ1) is 31.9. The summed E-state index contributed by atoms with van der Waals surface area (Å²) >= 11 is 0. The Balaban J connectivity index is 3.80. The largest absolute Gasteiger partial charge is 0.433 e. The fourth-order valence-corrected chi connectivity index (χ4v) is 3.54. The van der Waals surface area contributed by atoms with Crippen molar-refractivity contribution in [1.29, 1.82) is 0 Å². The van der Waals surface area contributed by atoms with Gasteiger partial charge in [-0.15, -0.1) is 0 Å². The van der Waals surface area contributed by atoms with Crippen LogP contribution in [-0.4, -0.2) is 79.7 Å². The van der Waals surface area contributed by atoms with E-state index in [0.717, 1.165) is 19.3 Å². The zero-order valence-electron chi connectivity index (χ0n) is 20.1. The van der Waals surface area contributed by atoms with E-state index in [2.05, 4.69) is 11.7 Å². The van der Waals surface area contributed by atoms with Gasteiger partial charge in [0.05, 0.1) is 6.61 Å². The van der Waals surface area contributed by atoms with Crippen LogP contribution in [0.3, 0.4) is 0 Å². The predicted molar refractivity (Wildman–Crippen MR) is 123 cm³/mol. The highest BCUT2D eigenvalue weighted by Gasteiger charge is 2.36. The van der Waals surface area contributed by atoms with E-state index in [4.69, 9.17) is 5.11 Å². The van der Waals surface area contributed by atoms with E-state index in [-0.39, 0.29) is 12.2 Å². The summed E-state index contributed by atoms with van der Waals surface area (Å²) in [5.41, 5.74) is 0. The molecule has 0 rings (SSSR count). The van der Waals surface area contributed by atoms with Gasteiger partial charge in [0.1, 0.15) is 36.6 Å². The van der Waals surface area contributed by atoms with Gasteiger partial charge in [-0.05, 0) is 6.42 Å². The monoisotopic (exact) mass is 478 g/mol. The van der Waals surface area contributed by atoms with Gasteiger partial charge in [0, 0.05) is 6.42 Å². The molecule has 9 heteroatoms. The van der Waals surface area contributed by atoms with Crippen molar-refractivity contribution in [3.05, 3.63) is 0 Å². The second-order valence-corrected chi connectivity index (χ2v) is 8.81. The van der Waals surface area contributed by atoms with Crippen LogP contribution in [0, 0.1) is 0 Å². The maximum Gasteiger partial charge on any atom is 0.315 e. The second-order valence-electron chi connectivity index (χ2n) is 8.81. The highest BCUT2D eigenvalue weighted by Crippen LogP contribution is 2.14. The van der Waals surface area contributed by atoms with E-state index in [1.165, 1.54) is 57.8 Å². The van der Waals surface area contributed by atoms with Gasteiger partial charge in [-0.2, -0.15) is 0 Å². The lowest BCUT2D eigenvalue weighted by Gasteiger charge is -2.27. The summed E-state index contributed by atoms with van der Waals surface area (Å²) in [7, 11) is 0. The van der Waals surface area contributed by atoms with Crippen molar-refractivity contribution < 1.29 is 45.0 Å². The highest BCUT2D eigenvalue weighted by molar-refractivity contribution is 5.95. The van der Waals surface area contributed by atoms with Crippen molar-refractivity contribution in [3.8, 4) is 0 Å². The van der Waals surface area contributed by atoms with E-state index in [1.807, 2.05) is 0 Å². The van der Waals surface area contributed by atoms with Crippen molar-refractivity contribution >= 4 is 11.8 Å². The third kappa shape index (κ3) is 16.2. The fraction of sp³-hybridized carbons (Fsp3) is 0.917. The third-order valence-electron chi connectivity index (χ3n) is 5.73. The summed E-state index contributed by atoms with van der Waals surface area (Å²) in [5, 5.41) is 56.5. The molecule has 0 aliphatic carbocycles. The number of carbonyl (C=O) groups is 2. The first-order valence-electron chi connectivity index (χ1n) is 12.5. The Hall–Kier alpha value is -1.10. The van der Waals surface area contributed by atoms with Crippen LogP contribution in [0.5, 0.6) is 0 Å². The molecule has 0 amide bonds. The number of ketones is 1. The number of aliphatic hydroxyl groups excluding tert-OH is 6. The number of esters is 1. The van der Waals surface area contributed by atoms with Crippen molar-refractivity contribution in [2.24, 2.45) is 0 Å². The van der Waals surface area contributed by atoms with Gasteiger partial charge in [-0.3, -0.25) is 9.59 Å². The first-order valence-corrected chi connectivity index (χ1v) is 12.5. The Labute approximate surface area is 197 Å². The molecule has 1 unspecified atom stereocenters. The number of rotatable bonds is 22. The average Bonchev–Trinajstić information content (AvgIpc) is 2.79. The van der Waals surface area contributed by atoms with Gasteiger partial charge in [0.2, 0.25) is 6.29 Å². The minimum Gasteiger partial charge on any atom is -0.433 e. The lowest BCUT2D eigenvalue weighted by molar-refractivity contribution is -0.213. The average molecular weight is 479 g/mol. The Morgan fingerprint density at radius 3 is 1.58 bits per heavy atom. The molecule has 0 aromatic carbocycles. The van der Waals surface area contributed by atoms with Crippen LogP contribution in [0.2, 0.25) is 0 Å². The topological polar surface area (TPSA) is 165 Å². The molecule has 0 saturated heterocycles. The molecular formula is C24H46O9. The molecule has 0 saturated carbocycles. The van der Waals surface area contributed by atoms with Crippen molar-refractivity contribution in [3.63, 3.8) is 0 Å². The molecule has 0 radical (unpaired) electrons. The lowest BCUT2D eigenvalue weighted by atomic mass is 10.0. The Kier molecular flexibility index (Phi) is 19.6. The Bertz CT molecular complexity index is 500. The molecular weight excluding hydrogens is 432 g/mol. The smallest absolute Gasteiger partial charge is 0.315 e. The molecule has 9 nitrogen and oxygen atoms in total. The molecule has 0 heterocycles. The molecule has 0 aromatic heterocycles. The summed E-state index contributed by atoms with van der Waals surface area (Å²) in [6.45, 7) is 1.34. The number of ether oxygens (including phenoxy) is 1. The standard InChI is InChI=1S/C24H46O9/c1-2-3-4-5-6-7-8-9-10-11-12-13-14-15-18(26)16-20(28)33-24(32)23(31)22(30)21(29)19(27)17-25/h19,21-25,27,29-32H,2-17H2,1H3/t19-,21-,22+,23-,24?/m1/s1. The van der Waals surface area contributed by atoms with Gasteiger partial charge in [-0.1, -0.05) is 84.0 Å². The SMILES string of the molecule is CCCCCCCCCCCCCCCC(=O)CC(=O)OC(O)[C@H](O)[C@@H](O)[C@H](O)[C@H](O)CO. The quantitative estimate of drug-likeness (QED) is 0.0588. The van der Waals surface area contributed by atoms with E-state index in [9.17, 15) is 35.1 Å². The zero-order valence-corrected chi connectivity index (χ0v) is 20.1. The molecule has 0 fully saturated rings. The van der Waals surface area contributed by atoms with Crippen LogP contribution in [0.25, 0.3) is 0 Å². The zero-order chi connectivity index (χ0) is 25.1. The summed E-state index contributed by atoms with van der Waals surface area (Å²) in [5.74, 6) is -1.41. The van der Waals surface area contributed by atoms with Crippen LogP contribution >= 0.6 is 0 Å². The van der Waals surface area contributed by atoms with E-state index < -0.39 is 49.7 Å². The molecule has 33 heavy (non-hydrogen) atoms. The normalized spacial score (nSPS) is 16.1. The van der Waals surface area contributed by atoms with Crippen LogP contribution in [-0.2, 0) is 14.3 Å². The maximum absolute atomic E-state index is 11.9.